The number of aliphatic imine (C=N–C) groups is 1. The van der Waals surface area contributed by atoms with Gasteiger partial charge >= 0.3 is 0 Å². The third-order valence-corrected chi connectivity index (χ3v) is 3.59. The second kappa shape index (κ2) is 6.43. The van der Waals surface area contributed by atoms with E-state index in [1.54, 1.807) is 18.3 Å². The van der Waals surface area contributed by atoms with E-state index in [4.69, 9.17) is 0 Å². The fourth-order valence-corrected chi connectivity index (χ4v) is 2.39. The lowest BCUT2D eigenvalue weighted by Crippen LogP contribution is -1.97. The molecule has 4 nitrogen and oxygen atoms in total. The number of phenols is 1. The second-order valence-corrected chi connectivity index (χ2v) is 5.26. The molecule has 0 amide bonds. The van der Waals surface area contributed by atoms with Gasteiger partial charge in [0.05, 0.1) is 11.0 Å². The van der Waals surface area contributed by atoms with Crippen LogP contribution >= 0.6 is 0 Å². The highest BCUT2D eigenvalue weighted by molar-refractivity contribution is 5.83. The van der Waals surface area contributed by atoms with Crippen molar-refractivity contribution in [2.75, 3.05) is 0 Å². The third-order valence-electron chi connectivity index (χ3n) is 3.59. The summed E-state index contributed by atoms with van der Waals surface area (Å²) in [6, 6.07) is 15.1. The highest BCUT2D eigenvalue weighted by atomic mass is 16.3. The van der Waals surface area contributed by atoms with Gasteiger partial charge in [0, 0.05) is 12.8 Å². The minimum atomic E-state index is 0.257. The van der Waals surface area contributed by atoms with Crippen LogP contribution in [0, 0.1) is 0 Å². The molecule has 0 aliphatic carbocycles. The summed E-state index contributed by atoms with van der Waals surface area (Å²) in [6.07, 6.45) is 4.01. The summed E-state index contributed by atoms with van der Waals surface area (Å²) < 4.78 is 2.16. The average Bonchev–Trinajstić information content (AvgIpc) is 2.90. The van der Waals surface area contributed by atoms with E-state index in [0.717, 1.165) is 41.9 Å². The lowest BCUT2D eigenvalue weighted by molar-refractivity contribution is 0.475. The van der Waals surface area contributed by atoms with Gasteiger partial charge in [-0.15, -0.1) is 0 Å². The van der Waals surface area contributed by atoms with Gasteiger partial charge in [-0.05, 0) is 48.4 Å². The third kappa shape index (κ3) is 3.01. The molecule has 0 aliphatic rings. The Kier molecular flexibility index (Phi) is 4.19. The molecule has 3 rings (SSSR count). The number of unbranched alkanes of at least 4 members (excludes halogenated alkanes) is 1. The van der Waals surface area contributed by atoms with E-state index < -0.39 is 0 Å². The predicted octanol–water partition coefficient (Wildman–Crippen LogP) is 4.29. The Balaban J connectivity index is 1.96. The molecule has 0 bridgehead atoms. The van der Waals surface area contributed by atoms with E-state index in [1.807, 2.05) is 30.3 Å². The molecule has 0 spiro atoms. The van der Waals surface area contributed by atoms with E-state index in [-0.39, 0.29) is 5.75 Å². The number of rotatable bonds is 5. The molecular formula is C18H19N3O. The zero-order chi connectivity index (χ0) is 15.4. The van der Waals surface area contributed by atoms with Crippen molar-refractivity contribution in [1.82, 2.24) is 9.55 Å². The first-order valence-electron chi connectivity index (χ1n) is 7.56. The Hall–Kier alpha value is -2.62. The number of imidazole rings is 1. The number of benzene rings is 2. The maximum atomic E-state index is 9.32. The summed E-state index contributed by atoms with van der Waals surface area (Å²) in [6.45, 7) is 3.10. The largest absolute Gasteiger partial charge is 0.508 e. The quantitative estimate of drug-likeness (QED) is 0.713. The summed E-state index contributed by atoms with van der Waals surface area (Å²) >= 11 is 0. The molecule has 112 valence electrons. The molecule has 0 saturated carbocycles. The van der Waals surface area contributed by atoms with Gasteiger partial charge in [-0.3, -0.25) is 0 Å². The normalized spacial score (nSPS) is 11.5. The van der Waals surface area contributed by atoms with Crippen molar-refractivity contribution >= 4 is 23.2 Å². The Labute approximate surface area is 129 Å². The minimum absolute atomic E-state index is 0.257. The molecule has 22 heavy (non-hydrogen) atoms. The van der Waals surface area contributed by atoms with E-state index in [1.165, 1.54) is 0 Å². The minimum Gasteiger partial charge on any atom is -0.508 e. The fraction of sp³-hybridized carbons (Fsp3) is 0.222. The smallest absolute Gasteiger partial charge is 0.230 e. The Morgan fingerprint density at radius 1 is 1.14 bits per heavy atom. The molecule has 0 atom stereocenters. The maximum Gasteiger partial charge on any atom is 0.230 e. The molecular weight excluding hydrogens is 274 g/mol. The first-order chi connectivity index (χ1) is 10.8. The standard InChI is InChI=1S/C18H19N3O/c1-2-3-12-21-17-7-5-4-6-16(17)20-18(21)19-13-14-8-10-15(22)11-9-14/h4-11,13,22H,2-3,12H2,1H3. The highest BCUT2D eigenvalue weighted by Gasteiger charge is 2.08. The summed E-state index contributed by atoms with van der Waals surface area (Å²) in [4.78, 5) is 9.16. The lowest BCUT2D eigenvalue weighted by atomic mass is 10.2. The predicted molar refractivity (Wildman–Crippen MR) is 90.0 cm³/mol. The SMILES string of the molecule is CCCCn1c(N=Cc2ccc(O)cc2)nc2ccccc21. The number of aryl methyl sites for hydroxylation is 1. The van der Waals surface area contributed by atoms with Crippen LogP contribution in [0.3, 0.4) is 0 Å². The number of hydrogen-bond acceptors (Lipinski definition) is 3. The van der Waals surface area contributed by atoms with Gasteiger partial charge in [-0.1, -0.05) is 25.5 Å². The monoisotopic (exact) mass is 293 g/mol. The van der Waals surface area contributed by atoms with Crippen LogP contribution in [0.1, 0.15) is 25.3 Å². The van der Waals surface area contributed by atoms with Crippen molar-refractivity contribution < 1.29 is 5.11 Å². The molecule has 0 unspecified atom stereocenters. The number of aromatic nitrogens is 2. The Bertz CT molecular complexity index is 788. The molecule has 0 saturated heterocycles. The zero-order valence-corrected chi connectivity index (χ0v) is 12.6. The number of para-hydroxylation sites is 2. The van der Waals surface area contributed by atoms with Crippen molar-refractivity contribution in [3.05, 3.63) is 54.1 Å². The Morgan fingerprint density at radius 3 is 2.68 bits per heavy atom. The van der Waals surface area contributed by atoms with Crippen LogP contribution in [0.5, 0.6) is 5.75 Å². The molecule has 0 radical (unpaired) electrons. The first-order valence-corrected chi connectivity index (χ1v) is 7.56. The van der Waals surface area contributed by atoms with Gasteiger partial charge in [0.2, 0.25) is 5.95 Å². The van der Waals surface area contributed by atoms with Crippen molar-refractivity contribution in [2.24, 2.45) is 4.99 Å². The maximum absolute atomic E-state index is 9.32. The van der Waals surface area contributed by atoms with Crippen molar-refractivity contribution in [3.63, 3.8) is 0 Å². The fourth-order valence-electron chi connectivity index (χ4n) is 2.39. The second-order valence-electron chi connectivity index (χ2n) is 5.26. The molecule has 4 heteroatoms. The highest BCUT2D eigenvalue weighted by Crippen LogP contribution is 2.22. The van der Waals surface area contributed by atoms with Gasteiger partial charge in [0.1, 0.15) is 5.75 Å². The molecule has 1 N–H and O–H groups in total. The first kappa shape index (κ1) is 14.3. The molecule has 2 aromatic carbocycles. The van der Waals surface area contributed by atoms with Crippen LogP contribution in [0.4, 0.5) is 5.95 Å². The summed E-state index contributed by atoms with van der Waals surface area (Å²) in [5.74, 6) is 0.982. The number of aromatic hydroxyl groups is 1. The van der Waals surface area contributed by atoms with Gasteiger partial charge in [0.15, 0.2) is 0 Å². The van der Waals surface area contributed by atoms with Gasteiger partial charge in [-0.25, -0.2) is 9.98 Å². The Morgan fingerprint density at radius 2 is 1.91 bits per heavy atom. The van der Waals surface area contributed by atoms with E-state index in [0.29, 0.717) is 0 Å². The van der Waals surface area contributed by atoms with Crippen LogP contribution in [0.25, 0.3) is 11.0 Å². The van der Waals surface area contributed by atoms with E-state index >= 15 is 0 Å². The van der Waals surface area contributed by atoms with Gasteiger partial charge in [-0.2, -0.15) is 0 Å². The molecule has 3 aromatic rings. The summed E-state index contributed by atoms with van der Waals surface area (Å²) in [7, 11) is 0. The molecule has 1 heterocycles. The lowest BCUT2D eigenvalue weighted by Gasteiger charge is -2.05. The molecule has 1 aromatic heterocycles. The number of nitrogens with zero attached hydrogens (tertiary/aromatic N) is 3. The van der Waals surface area contributed by atoms with Crippen molar-refractivity contribution in [3.8, 4) is 5.75 Å². The van der Waals surface area contributed by atoms with Gasteiger partial charge < -0.3 is 9.67 Å². The van der Waals surface area contributed by atoms with E-state index in [2.05, 4.69) is 27.5 Å². The van der Waals surface area contributed by atoms with Crippen LogP contribution in [-0.4, -0.2) is 20.9 Å². The van der Waals surface area contributed by atoms with Crippen LogP contribution < -0.4 is 0 Å². The average molecular weight is 293 g/mol. The number of fused-ring (bicyclic) bond motifs is 1. The van der Waals surface area contributed by atoms with Crippen LogP contribution in [-0.2, 0) is 6.54 Å². The summed E-state index contributed by atoms with van der Waals surface area (Å²) in [5, 5.41) is 9.32. The van der Waals surface area contributed by atoms with Crippen LogP contribution in [0.2, 0.25) is 0 Å². The molecule has 0 fully saturated rings. The zero-order valence-electron chi connectivity index (χ0n) is 12.6. The van der Waals surface area contributed by atoms with Gasteiger partial charge in [0.25, 0.3) is 0 Å². The summed E-state index contributed by atoms with van der Waals surface area (Å²) in [5.41, 5.74) is 3.03. The van der Waals surface area contributed by atoms with Crippen molar-refractivity contribution in [1.29, 1.82) is 0 Å². The number of phenolic OH excluding ortho intramolecular Hbond substituents is 1. The van der Waals surface area contributed by atoms with Crippen molar-refractivity contribution in [2.45, 2.75) is 26.3 Å². The molecule has 0 aliphatic heterocycles. The topological polar surface area (TPSA) is 50.4 Å². The van der Waals surface area contributed by atoms with E-state index in [9.17, 15) is 5.11 Å². The number of hydrogen-bond donors (Lipinski definition) is 1. The van der Waals surface area contributed by atoms with Crippen LogP contribution in [0.15, 0.2) is 53.5 Å².